The van der Waals surface area contributed by atoms with E-state index in [1.165, 1.54) is 22.4 Å². The average molecular weight is 371 g/mol. The molecule has 3 aromatic rings. The lowest BCUT2D eigenvalue weighted by Crippen LogP contribution is -2.32. The van der Waals surface area contributed by atoms with Crippen molar-refractivity contribution in [3.05, 3.63) is 80.9 Å². The van der Waals surface area contributed by atoms with E-state index in [0.717, 1.165) is 11.3 Å². The molecule has 2 heterocycles. The Labute approximate surface area is 153 Å². The van der Waals surface area contributed by atoms with Crippen molar-refractivity contribution in [1.29, 1.82) is 0 Å². The molecule has 1 aromatic carbocycles. The molecule has 0 saturated heterocycles. The number of hydrogen-bond acceptors (Lipinski definition) is 5. The molecule has 0 saturated carbocycles. The number of rotatable bonds is 6. The summed E-state index contributed by atoms with van der Waals surface area (Å²) in [5.74, 6) is 1.31. The van der Waals surface area contributed by atoms with Crippen LogP contribution in [0.5, 0.6) is 0 Å². The summed E-state index contributed by atoms with van der Waals surface area (Å²) >= 11 is 1.37. The van der Waals surface area contributed by atoms with Crippen molar-refractivity contribution in [3.8, 4) is 5.69 Å². The Morgan fingerprint density at radius 2 is 2.00 bits per heavy atom. The molecule has 0 aliphatic heterocycles. The topological polar surface area (TPSA) is 97.1 Å². The molecule has 0 unspecified atom stereocenters. The van der Waals surface area contributed by atoms with Gasteiger partial charge < -0.3 is 9.73 Å². The van der Waals surface area contributed by atoms with E-state index >= 15 is 0 Å². The lowest BCUT2D eigenvalue weighted by Gasteiger charge is -2.13. The van der Waals surface area contributed by atoms with Crippen LogP contribution in [-0.2, 0) is 10.5 Å². The zero-order chi connectivity index (χ0) is 18.5. The fraction of sp³-hybridized carbons (Fsp3) is 0.167. The predicted molar refractivity (Wildman–Crippen MR) is 101 cm³/mol. The number of furan rings is 1. The van der Waals surface area contributed by atoms with Gasteiger partial charge in [0, 0.05) is 6.07 Å². The van der Waals surface area contributed by atoms with Crippen molar-refractivity contribution in [2.75, 3.05) is 11.1 Å². The van der Waals surface area contributed by atoms with Crippen LogP contribution >= 0.6 is 11.8 Å². The number of amides is 1. The predicted octanol–water partition coefficient (Wildman–Crippen LogP) is 2.30. The van der Waals surface area contributed by atoms with Crippen LogP contribution < -0.4 is 16.6 Å². The van der Waals surface area contributed by atoms with E-state index in [-0.39, 0.29) is 17.5 Å². The number of aromatic amines is 1. The first kappa shape index (κ1) is 17.8. The molecule has 0 fully saturated rings. The number of carbonyl (C=O) groups excluding carboxylic acids is 1. The molecule has 134 valence electrons. The Morgan fingerprint density at radius 3 is 2.69 bits per heavy atom. The first-order valence-corrected chi connectivity index (χ1v) is 9.02. The van der Waals surface area contributed by atoms with Crippen LogP contribution in [0, 0.1) is 6.92 Å². The summed E-state index contributed by atoms with van der Waals surface area (Å²) in [5, 5.41) is 2.64. The number of anilines is 1. The number of carbonyl (C=O) groups is 1. The van der Waals surface area contributed by atoms with E-state index in [9.17, 15) is 14.4 Å². The van der Waals surface area contributed by atoms with Gasteiger partial charge in [-0.05, 0) is 31.2 Å². The van der Waals surface area contributed by atoms with Crippen LogP contribution in [0.15, 0.2) is 62.7 Å². The van der Waals surface area contributed by atoms with Crippen LogP contribution in [0.2, 0.25) is 0 Å². The summed E-state index contributed by atoms with van der Waals surface area (Å²) < 4.78 is 6.47. The number of benzene rings is 1. The standard InChI is InChI=1S/C18H17N3O4S/c1-12-4-6-13(7-5-12)21-15(9-16(22)20-18(21)24)19-17(23)11-26-10-14-3-2-8-25-14/h2-9H,10-11H2,1H3,(H,19,23)(H,20,22,24). The van der Waals surface area contributed by atoms with Crippen LogP contribution in [-0.4, -0.2) is 21.2 Å². The molecule has 0 bridgehead atoms. The highest BCUT2D eigenvalue weighted by Gasteiger charge is 2.12. The SMILES string of the molecule is Cc1ccc(-n2c(NC(=O)CSCc3ccco3)cc(=O)[nH]c2=O)cc1. The van der Waals surface area contributed by atoms with Gasteiger partial charge in [-0.15, -0.1) is 11.8 Å². The van der Waals surface area contributed by atoms with Gasteiger partial charge in [0.2, 0.25) is 5.91 Å². The molecule has 2 aromatic heterocycles. The summed E-state index contributed by atoms with van der Waals surface area (Å²) in [6, 6.07) is 12.0. The van der Waals surface area contributed by atoms with Gasteiger partial charge >= 0.3 is 5.69 Å². The number of nitrogens with one attached hydrogen (secondary N) is 2. The Hall–Kier alpha value is -3.00. The number of nitrogens with zero attached hydrogens (tertiary/aromatic N) is 1. The van der Waals surface area contributed by atoms with Crippen molar-refractivity contribution in [1.82, 2.24) is 9.55 Å². The molecule has 26 heavy (non-hydrogen) atoms. The molecule has 1 amide bonds. The maximum atomic E-state index is 12.2. The second-order valence-electron chi connectivity index (χ2n) is 5.62. The normalized spacial score (nSPS) is 10.7. The number of aryl methyl sites for hydroxylation is 1. The van der Waals surface area contributed by atoms with Gasteiger partial charge in [0.05, 0.1) is 23.5 Å². The first-order chi connectivity index (χ1) is 12.5. The zero-order valence-corrected chi connectivity index (χ0v) is 14.8. The molecule has 2 N–H and O–H groups in total. The fourth-order valence-electron chi connectivity index (χ4n) is 2.36. The zero-order valence-electron chi connectivity index (χ0n) is 14.0. The van der Waals surface area contributed by atoms with Crippen molar-refractivity contribution in [2.45, 2.75) is 12.7 Å². The quantitative estimate of drug-likeness (QED) is 0.693. The molecule has 7 nitrogen and oxygen atoms in total. The molecular formula is C18H17N3O4S. The fourth-order valence-corrected chi connectivity index (χ4v) is 3.08. The minimum Gasteiger partial charge on any atom is -0.468 e. The highest BCUT2D eigenvalue weighted by Crippen LogP contribution is 2.15. The van der Waals surface area contributed by atoms with Crippen LogP contribution in [0.4, 0.5) is 5.82 Å². The van der Waals surface area contributed by atoms with E-state index < -0.39 is 11.2 Å². The van der Waals surface area contributed by atoms with Gasteiger partial charge in [-0.25, -0.2) is 9.36 Å². The molecular weight excluding hydrogens is 354 g/mol. The molecule has 0 atom stereocenters. The van der Waals surface area contributed by atoms with E-state index in [1.54, 1.807) is 24.5 Å². The summed E-state index contributed by atoms with van der Waals surface area (Å²) in [4.78, 5) is 38.3. The van der Waals surface area contributed by atoms with Gasteiger partial charge in [-0.2, -0.15) is 0 Å². The molecule has 0 spiro atoms. The minimum absolute atomic E-state index is 0.131. The van der Waals surface area contributed by atoms with Crippen LogP contribution in [0.25, 0.3) is 5.69 Å². The average Bonchev–Trinajstić information content (AvgIpc) is 3.09. The number of aromatic nitrogens is 2. The highest BCUT2D eigenvalue weighted by molar-refractivity contribution is 7.99. The molecule has 8 heteroatoms. The van der Waals surface area contributed by atoms with Gasteiger partial charge in [-0.1, -0.05) is 17.7 Å². The third-order valence-electron chi connectivity index (χ3n) is 3.56. The van der Waals surface area contributed by atoms with Crippen molar-refractivity contribution in [2.24, 2.45) is 0 Å². The molecule has 0 aliphatic rings. The number of hydrogen-bond donors (Lipinski definition) is 2. The Kier molecular flexibility index (Phi) is 5.43. The first-order valence-electron chi connectivity index (χ1n) is 7.86. The van der Waals surface area contributed by atoms with Gasteiger partial charge in [-0.3, -0.25) is 14.6 Å². The lowest BCUT2D eigenvalue weighted by atomic mass is 10.2. The monoisotopic (exact) mass is 371 g/mol. The van der Waals surface area contributed by atoms with E-state index in [2.05, 4.69) is 10.3 Å². The van der Waals surface area contributed by atoms with Gasteiger partial charge in [0.1, 0.15) is 11.6 Å². The summed E-state index contributed by atoms with van der Waals surface area (Å²) in [6.45, 7) is 1.93. The Bertz CT molecular complexity index is 1000. The van der Waals surface area contributed by atoms with Crippen molar-refractivity contribution in [3.63, 3.8) is 0 Å². The summed E-state index contributed by atoms with van der Waals surface area (Å²) in [6.07, 6.45) is 1.58. The van der Waals surface area contributed by atoms with Crippen molar-refractivity contribution >= 4 is 23.5 Å². The number of thioether (sulfide) groups is 1. The second kappa shape index (κ2) is 7.92. The van der Waals surface area contributed by atoms with Crippen LogP contribution in [0.3, 0.4) is 0 Å². The van der Waals surface area contributed by atoms with Crippen molar-refractivity contribution < 1.29 is 9.21 Å². The van der Waals surface area contributed by atoms with Gasteiger partial charge in [0.25, 0.3) is 5.56 Å². The number of H-pyrrole nitrogens is 1. The van der Waals surface area contributed by atoms with E-state index in [1.807, 2.05) is 25.1 Å². The third-order valence-corrected chi connectivity index (χ3v) is 4.51. The second-order valence-corrected chi connectivity index (χ2v) is 6.60. The molecule has 0 radical (unpaired) electrons. The van der Waals surface area contributed by atoms with E-state index in [0.29, 0.717) is 11.4 Å². The molecule has 3 rings (SSSR count). The summed E-state index contributed by atoms with van der Waals surface area (Å²) in [7, 11) is 0. The lowest BCUT2D eigenvalue weighted by molar-refractivity contribution is -0.113. The Morgan fingerprint density at radius 1 is 1.23 bits per heavy atom. The minimum atomic E-state index is -0.611. The Balaban J connectivity index is 1.78. The maximum absolute atomic E-state index is 12.2. The van der Waals surface area contributed by atoms with Crippen LogP contribution in [0.1, 0.15) is 11.3 Å². The van der Waals surface area contributed by atoms with E-state index in [4.69, 9.17) is 4.42 Å². The smallest absolute Gasteiger partial charge is 0.334 e. The molecule has 0 aliphatic carbocycles. The highest BCUT2D eigenvalue weighted by atomic mass is 32.2. The largest absolute Gasteiger partial charge is 0.468 e. The third kappa shape index (κ3) is 4.34. The maximum Gasteiger partial charge on any atom is 0.334 e. The van der Waals surface area contributed by atoms with Gasteiger partial charge in [0.15, 0.2) is 0 Å². The summed E-state index contributed by atoms with van der Waals surface area (Å²) in [5.41, 5.74) is 0.401.